The SMILES string of the molecule is CCCCCCCCCCCCN(C)C.O.[SiH4]. The quantitative estimate of drug-likeness (QED) is 0.416. The lowest BCUT2D eigenvalue weighted by atomic mass is 10.1. The number of unbranched alkanes of at least 4 members (excludes halogenated alkanes) is 9. The van der Waals surface area contributed by atoms with Crippen molar-refractivity contribution in [2.45, 2.75) is 71.1 Å². The Morgan fingerprint density at radius 3 is 1.35 bits per heavy atom. The topological polar surface area (TPSA) is 34.7 Å². The van der Waals surface area contributed by atoms with Gasteiger partial charge in [-0.15, -0.1) is 0 Å². The van der Waals surface area contributed by atoms with Crippen LogP contribution in [0, 0.1) is 0 Å². The third kappa shape index (κ3) is 21.9. The van der Waals surface area contributed by atoms with Gasteiger partial charge in [-0.2, -0.15) is 0 Å². The van der Waals surface area contributed by atoms with Crippen LogP contribution in [0.4, 0.5) is 0 Å². The molecular weight excluding hydrogens is 226 g/mol. The molecule has 0 aliphatic heterocycles. The van der Waals surface area contributed by atoms with E-state index in [0.29, 0.717) is 0 Å². The van der Waals surface area contributed by atoms with Gasteiger partial charge < -0.3 is 10.4 Å². The van der Waals surface area contributed by atoms with E-state index in [2.05, 4.69) is 25.9 Å². The van der Waals surface area contributed by atoms with Crippen molar-refractivity contribution < 1.29 is 5.48 Å². The Hall–Kier alpha value is 0.137. The zero-order chi connectivity index (χ0) is 11.4. The van der Waals surface area contributed by atoms with Crippen LogP contribution in [-0.4, -0.2) is 42.0 Å². The van der Waals surface area contributed by atoms with Gasteiger partial charge >= 0.3 is 0 Å². The zero-order valence-electron chi connectivity index (χ0n) is 11.7. The van der Waals surface area contributed by atoms with Gasteiger partial charge in [-0.05, 0) is 38.0 Å². The lowest BCUT2D eigenvalue weighted by Crippen LogP contribution is -2.12. The molecule has 0 aliphatic carbocycles. The average Bonchev–Trinajstić information content (AvgIpc) is 2.20. The minimum Gasteiger partial charge on any atom is -0.412 e. The molecule has 0 atom stereocenters. The summed E-state index contributed by atoms with van der Waals surface area (Å²) in [5.74, 6) is 0. The monoisotopic (exact) mass is 263 g/mol. The highest BCUT2D eigenvalue weighted by Crippen LogP contribution is 2.10. The minimum absolute atomic E-state index is 0. The predicted molar refractivity (Wildman–Crippen MR) is 85.3 cm³/mol. The largest absolute Gasteiger partial charge is 0.412 e. The summed E-state index contributed by atoms with van der Waals surface area (Å²) in [4.78, 5) is 2.28. The summed E-state index contributed by atoms with van der Waals surface area (Å²) in [6.45, 7) is 3.54. The van der Waals surface area contributed by atoms with E-state index in [4.69, 9.17) is 0 Å². The van der Waals surface area contributed by atoms with E-state index in [9.17, 15) is 0 Å². The van der Waals surface area contributed by atoms with E-state index in [1.165, 1.54) is 70.8 Å². The van der Waals surface area contributed by atoms with Gasteiger partial charge in [0.25, 0.3) is 0 Å². The minimum atomic E-state index is 0. The Kier molecular flexibility index (Phi) is 24.3. The Bertz CT molecular complexity index is 121. The summed E-state index contributed by atoms with van der Waals surface area (Å²) >= 11 is 0. The molecule has 17 heavy (non-hydrogen) atoms. The second-order valence-corrected chi connectivity index (χ2v) is 4.99. The number of rotatable bonds is 11. The molecule has 3 heteroatoms. The van der Waals surface area contributed by atoms with Gasteiger partial charge in [0, 0.05) is 0 Å². The van der Waals surface area contributed by atoms with Gasteiger partial charge in [0.05, 0.1) is 0 Å². The van der Waals surface area contributed by atoms with Crippen LogP contribution in [0.5, 0.6) is 0 Å². The summed E-state index contributed by atoms with van der Waals surface area (Å²) < 4.78 is 0. The van der Waals surface area contributed by atoms with E-state index < -0.39 is 0 Å². The molecule has 0 aromatic rings. The van der Waals surface area contributed by atoms with E-state index >= 15 is 0 Å². The summed E-state index contributed by atoms with van der Waals surface area (Å²) in [6, 6.07) is 0. The highest BCUT2D eigenvalue weighted by Gasteiger charge is 1.93. The van der Waals surface area contributed by atoms with E-state index in [-0.39, 0.29) is 16.4 Å². The van der Waals surface area contributed by atoms with E-state index in [1.807, 2.05) is 0 Å². The van der Waals surface area contributed by atoms with Crippen molar-refractivity contribution in [3.05, 3.63) is 0 Å². The third-order valence-corrected chi connectivity index (χ3v) is 2.96. The van der Waals surface area contributed by atoms with Gasteiger partial charge in [-0.25, -0.2) is 0 Å². The van der Waals surface area contributed by atoms with Gasteiger partial charge in [-0.1, -0.05) is 64.7 Å². The first kappa shape index (κ1) is 22.3. The molecule has 0 heterocycles. The van der Waals surface area contributed by atoms with Crippen LogP contribution in [0.3, 0.4) is 0 Å². The van der Waals surface area contributed by atoms with Crippen molar-refractivity contribution in [2.24, 2.45) is 0 Å². The molecule has 0 amide bonds. The van der Waals surface area contributed by atoms with Crippen LogP contribution in [0.2, 0.25) is 0 Å². The molecule has 108 valence electrons. The molecule has 0 unspecified atom stereocenters. The lowest BCUT2D eigenvalue weighted by Gasteiger charge is -2.08. The predicted octanol–water partition coefficient (Wildman–Crippen LogP) is 2.19. The van der Waals surface area contributed by atoms with Crippen molar-refractivity contribution in [3.63, 3.8) is 0 Å². The summed E-state index contributed by atoms with van der Waals surface area (Å²) in [7, 11) is 4.32. The normalized spacial score (nSPS) is 9.88. The van der Waals surface area contributed by atoms with Crippen molar-refractivity contribution in [2.75, 3.05) is 20.6 Å². The highest BCUT2D eigenvalue weighted by atomic mass is 28.1. The summed E-state index contributed by atoms with van der Waals surface area (Å²) in [5.41, 5.74) is 0. The highest BCUT2D eigenvalue weighted by molar-refractivity contribution is 5.75. The Morgan fingerprint density at radius 2 is 1.00 bits per heavy atom. The zero-order valence-corrected chi connectivity index (χ0v) is 11.7. The fourth-order valence-corrected chi connectivity index (χ4v) is 1.92. The molecule has 0 bridgehead atoms. The van der Waals surface area contributed by atoms with Gasteiger partial charge in [0.1, 0.15) is 0 Å². The molecule has 0 rings (SSSR count). The molecule has 0 spiro atoms. The van der Waals surface area contributed by atoms with Crippen molar-refractivity contribution >= 4 is 11.0 Å². The number of nitrogens with zero attached hydrogens (tertiary/aromatic N) is 1. The molecule has 0 aromatic carbocycles. The Morgan fingerprint density at radius 1 is 0.647 bits per heavy atom. The molecule has 2 N–H and O–H groups in total. The van der Waals surface area contributed by atoms with Gasteiger partial charge in [0.2, 0.25) is 0 Å². The maximum absolute atomic E-state index is 2.28. The van der Waals surface area contributed by atoms with Crippen LogP contribution in [0.1, 0.15) is 71.1 Å². The third-order valence-electron chi connectivity index (χ3n) is 2.96. The fourth-order valence-electron chi connectivity index (χ4n) is 1.92. The molecule has 0 saturated carbocycles. The second kappa shape index (κ2) is 18.5. The standard InChI is InChI=1S/C14H31N.H2O.H4Si/c1-4-5-6-7-8-9-10-11-12-13-14-15(2)3;;/h4-14H2,1-3H3;1H2;1H4. The molecule has 0 radical (unpaired) electrons. The molecule has 0 saturated heterocycles. The molecular formula is C14H37NOSi. The lowest BCUT2D eigenvalue weighted by molar-refractivity contribution is 0.389. The van der Waals surface area contributed by atoms with Gasteiger partial charge in [0.15, 0.2) is 0 Å². The Labute approximate surface area is 113 Å². The molecule has 2 nitrogen and oxygen atoms in total. The number of hydrogen-bond acceptors (Lipinski definition) is 1. The number of hydrogen-bond donors (Lipinski definition) is 0. The second-order valence-electron chi connectivity index (χ2n) is 4.99. The van der Waals surface area contributed by atoms with Crippen molar-refractivity contribution in [1.82, 2.24) is 4.90 Å². The van der Waals surface area contributed by atoms with Crippen molar-refractivity contribution in [1.29, 1.82) is 0 Å². The maximum Gasteiger partial charge on any atom is -0.00248 e. The first-order valence-corrected chi connectivity index (χ1v) is 6.92. The van der Waals surface area contributed by atoms with E-state index in [1.54, 1.807) is 0 Å². The molecule has 0 fully saturated rings. The van der Waals surface area contributed by atoms with Gasteiger partial charge in [-0.3, -0.25) is 0 Å². The van der Waals surface area contributed by atoms with Crippen LogP contribution < -0.4 is 0 Å². The van der Waals surface area contributed by atoms with Crippen molar-refractivity contribution in [3.8, 4) is 0 Å². The van der Waals surface area contributed by atoms with Crippen LogP contribution in [-0.2, 0) is 0 Å². The summed E-state index contributed by atoms with van der Waals surface area (Å²) in [6.07, 6.45) is 14.4. The van der Waals surface area contributed by atoms with Crippen LogP contribution in [0.25, 0.3) is 0 Å². The van der Waals surface area contributed by atoms with Crippen LogP contribution in [0.15, 0.2) is 0 Å². The maximum atomic E-state index is 2.28. The average molecular weight is 264 g/mol. The first-order valence-electron chi connectivity index (χ1n) is 6.92. The summed E-state index contributed by atoms with van der Waals surface area (Å²) in [5, 5.41) is 0. The Balaban J connectivity index is -0.000000980. The molecule has 0 aliphatic rings. The smallest absolute Gasteiger partial charge is 0.00248 e. The first-order chi connectivity index (χ1) is 7.27. The van der Waals surface area contributed by atoms with Crippen LogP contribution >= 0.6 is 0 Å². The fraction of sp³-hybridized carbons (Fsp3) is 1.00. The molecule has 0 aromatic heterocycles. The van der Waals surface area contributed by atoms with E-state index in [0.717, 1.165) is 0 Å².